The topological polar surface area (TPSA) is 12.5 Å². The molecule has 0 aliphatic carbocycles. The van der Waals surface area contributed by atoms with E-state index in [-0.39, 0.29) is 0 Å². The highest BCUT2D eigenvalue weighted by Gasteiger charge is 2.00. The largest absolute Gasteiger partial charge is 0.377 e. The SMILES string of the molecule is CC(C)CCCN(C)CCOC(C)C. The Morgan fingerprint density at radius 3 is 2.21 bits per heavy atom. The van der Waals surface area contributed by atoms with Crippen LogP contribution in [0.25, 0.3) is 0 Å². The lowest BCUT2D eigenvalue weighted by Gasteiger charge is -2.17. The maximum atomic E-state index is 5.50. The average molecular weight is 201 g/mol. The van der Waals surface area contributed by atoms with Crippen molar-refractivity contribution in [3.63, 3.8) is 0 Å². The minimum atomic E-state index is 0.360. The van der Waals surface area contributed by atoms with Crippen molar-refractivity contribution in [2.75, 3.05) is 26.7 Å². The van der Waals surface area contributed by atoms with E-state index < -0.39 is 0 Å². The van der Waals surface area contributed by atoms with Crippen molar-refractivity contribution in [1.82, 2.24) is 4.90 Å². The molecule has 0 fully saturated rings. The van der Waals surface area contributed by atoms with Crippen LogP contribution < -0.4 is 0 Å². The summed E-state index contributed by atoms with van der Waals surface area (Å²) in [5, 5.41) is 0. The van der Waals surface area contributed by atoms with Crippen LogP contribution in [0.4, 0.5) is 0 Å². The molecule has 0 aromatic rings. The molecular formula is C12H27NO. The highest BCUT2D eigenvalue weighted by Crippen LogP contribution is 2.03. The predicted molar refractivity (Wildman–Crippen MR) is 62.7 cm³/mol. The van der Waals surface area contributed by atoms with Crippen molar-refractivity contribution < 1.29 is 4.74 Å². The molecule has 0 spiro atoms. The van der Waals surface area contributed by atoms with Gasteiger partial charge in [-0.3, -0.25) is 0 Å². The Morgan fingerprint density at radius 2 is 1.71 bits per heavy atom. The van der Waals surface area contributed by atoms with Gasteiger partial charge in [0.1, 0.15) is 0 Å². The van der Waals surface area contributed by atoms with Gasteiger partial charge in [-0.2, -0.15) is 0 Å². The van der Waals surface area contributed by atoms with E-state index >= 15 is 0 Å². The Labute approximate surface area is 89.6 Å². The van der Waals surface area contributed by atoms with Gasteiger partial charge in [-0.05, 0) is 46.2 Å². The molecule has 86 valence electrons. The minimum Gasteiger partial charge on any atom is -0.377 e. The van der Waals surface area contributed by atoms with Crippen LogP contribution in [0.5, 0.6) is 0 Å². The molecule has 0 atom stereocenters. The molecular weight excluding hydrogens is 174 g/mol. The molecule has 0 aliphatic heterocycles. The second-order valence-corrected chi connectivity index (χ2v) is 4.76. The molecule has 0 saturated heterocycles. The van der Waals surface area contributed by atoms with Crippen LogP contribution in [0.1, 0.15) is 40.5 Å². The van der Waals surface area contributed by atoms with Gasteiger partial charge in [0, 0.05) is 6.54 Å². The van der Waals surface area contributed by atoms with Crippen molar-refractivity contribution in [3.8, 4) is 0 Å². The number of hydrogen-bond acceptors (Lipinski definition) is 2. The smallest absolute Gasteiger partial charge is 0.0596 e. The third kappa shape index (κ3) is 10.0. The number of rotatable bonds is 8. The van der Waals surface area contributed by atoms with Crippen LogP contribution in [-0.4, -0.2) is 37.7 Å². The van der Waals surface area contributed by atoms with E-state index in [1.807, 2.05) is 0 Å². The zero-order valence-corrected chi connectivity index (χ0v) is 10.5. The molecule has 0 rings (SSSR count). The maximum absolute atomic E-state index is 5.50. The molecule has 0 aromatic heterocycles. The molecule has 14 heavy (non-hydrogen) atoms. The summed E-state index contributed by atoms with van der Waals surface area (Å²) in [6.45, 7) is 11.8. The third-order valence-electron chi connectivity index (χ3n) is 2.25. The zero-order chi connectivity index (χ0) is 11.0. The molecule has 0 aliphatic rings. The molecule has 2 heteroatoms. The monoisotopic (exact) mass is 201 g/mol. The first-order valence-electron chi connectivity index (χ1n) is 5.82. The molecule has 0 bridgehead atoms. The van der Waals surface area contributed by atoms with Crippen molar-refractivity contribution in [3.05, 3.63) is 0 Å². The van der Waals surface area contributed by atoms with E-state index in [0.717, 1.165) is 19.1 Å². The van der Waals surface area contributed by atoms with E-state index in [9.17, 15) is 0 Å². The highest BCUT2D eigenvalue weighted by molar-refractivity contribution is 4.53. The van der Waals surface area contributed by atoms with Gasteiger partial charge in [0.05, 0.1) is 12.7 Å². The van der Waals surface area contributed by atoms with E-state index in [1.54, 1.807) is 0 Å². The fourth-order valence-electron chi connectivity index (χ4n) is 1.33. The van der Waals surface area contributed by atoms with Crippen LogP contribution in [-0.2, 0) is 4.74 Å². The number of nitrogens with zero attached hydrogens (tertiary/aromatic N) is 1. The average Bonchev–Trinajstić information content (AvgIpc) is 2.02. The summed E-state index contributed by atoms with van der Waals surface area (Å²) in [5.74, 6) is 0.829. The minimum absolute atomic E-state index is 0.360. The summed E-state index contributed by atoms with van der Waals surface area (Å²) in [5.41, 5.74) is 0. The van der Waals surface area contributed by atoms with E-state index in [1.165, 1.54) is 19.4 Å². The maximum Gasteiger partial charge on any atom is 0.0596 e. The Kier molecular flexibility index (Phi) is 8.20. The van der Waals surface area contributed by atoms with Gasteiger partial charge in [0.25, 0.3) is 0 Å². The van der Waals surface area contributed by atoms with Gasteiger partial charge in [0.15, 0.2) is 0 Å². The zero-order valence-electron chi connectivity index (χ0n) is 10.5. The Morgan fingerprint density at radius 1 is 1.07 bits per heavy atom. The summed E-state index contributed by atoms with van der Waals surface area (Å²) in [7, 11) is 2.17. The van der Waals surface area contributed by atoms with Gasteiger partial charge in [-0.25, -0.2) is 0 Å². The lowest BCUT2D eigenvalue weighted by atomic mass is 10.1. The Balaban J connectivity index is 3.23. The fraction of sp³-hybridized carbons (Fsp3) is 1.00. The second-order valence-electron chi connectivity index (χ2n) is 4.76. The highest BCUT2D eigenvalue weighted by atomic mass is 16.5. The van der Waals surface area contributed by atoms with Gasteiger partial charge < -0.3 is 9.64 Å². The lowest BCUT2D eigenvalue weighted by molar-refractivity contribution is 0.0635. The summed E-state index contributed by atoms with van der Waals surface area (Å²) in [6.07, 6.45) is 2.99. The first kappa shape index (κ1) is 13.9. The normalized spacial score (nSPS) is 12.0. The van der Waals surface area contributed by atoms with Crippen molar-refractivity contribution in [2.45, 2.75) is 46.6 Å². The predicted octanol–water partition coefficient (Wildman–Crippen LogP) is 2.78. The standard InChI is InChI=1S/C12H27NO/c1-11(2)7-6-8-13(5)9-10-14-12(3)4/h11-12H,6-10H2,1-5H3. The van der Waals surface area contributed by atoms with Crippen LogP contribution in [0.3, 0.4) is 0 Å². The molecule has 0 heterocycles. The third-order valence-corrected chi connectivity index (χ3v) is 2.25. The van der Waals surface area contributed by atoms with Crippen molar-refractivity contribution in [2.24, 2.45) is 5.92 Å². The van der Waals surface area contributed by atoms with E-state index in [2.05, 4.69) is 39.6 Å². The Hall–Kier alpha value is -0.0800. The molecule has 0 amide bonds. The number of hydrogen-bond donors (Lipinski definition) is 0. The summed E-state index contributed by atoms with van der Waals surface area (Å²) in [4.78, 5) is 2.35. The first-order valence-corrected chi connectivity index (χ1v) is 5.82. The van der Waals surface area contributed by atoms with Crippen molar-refractivity contribution >= 4 is 0 Å². The van der Waals surface area contributed by atoms with Gasteiger partial charge in [-0.15, -0.1) is 0 Å². The van der Waals surface area contributed by atoms with Gasteiger partial charge in [0.2, 0.25) is 0 Å². The first-order chi connectivity index (χ1) is 6.52. The van der Waals surface area contributed by atoms with Crippen LogP contribution in [0.2, 0.25) is 0 Å². The van der Waals surface area contributed by atoms with E-state index in [0.29, 0.717) is 6.10 Å². The van der Waals surface area contributed by atoms with Gasteiger partial charge >= 0.3 is 0 Å². The summed E-state index contributed by atoms with van der Waals surface area (Å²) < 4.78 is 5.50. The van der Waals surface area contributed by atoms with Gasteiger partial charge in [-0.1, -0.05) is 13.8 Å². The second kappa shape index (κ2) is 8.25. The molecule has 0 saturated carbocycles. The molecule has 0 radical (unpaired) electrons. The molecule has 2 nitrogen and oxygen atoms in total. The fourth-order valence-corrected chi connectivity index (χ4v) is 1.33. The van der Waals surface area contributed by atoms with Crippen LogP contribution in [0.15, 0.2) is 0 Å². The summed E-state index contributed by atoms with van der Waals surface area (Å²) in [6, 6.07) is 0. The lowest BCUT2D eigenvalue weighted by Crippen LogP contribution is -2.25. The van der Waals surface area contributed by atoms with E-state index in [4.69, 9.17) is 4.74 Å². The van der Waals surface area contributed by atoms with Crippen LogP contribution >= 0.6 is 0 Å². The molecule has 0 N–H and O–H groups in total. The quantitative estimate of drug-likeness (QED) is 0.599. The Bertz CT molecular complexity index is 109. The number of likely N-dealkylation sites (N-methyl/N-ethyl adjacent to an activating group) is 1. The van der Waals surface area contributed by atoms with Crippen LogP contribution in [0, 0.1) is 5.92 Å². The number of ether oxygens (including phenoxy) is 1. The molecule has 0 unspecified atom stereocenters. The molecule has 0 aromatic carbocycles. The van der Waals surface area contributed by atoms with Crippen molar-refractivity contribution in [1.29, 1.82) is 0 Å². The summed E-state index contributed by atoms with van der Waals surface area (Å²) >= 11 is 0.